The second-order valence-electron chi connectivity index (χ2n) is 5.26. The van der Waals surface area contributed by atoms with Crippen LogP contribution in [0.1, 0.15) is 12.2 Å². The fraction of sp³-hybridized carbons (Fsp3) is 0.375. The second-order valence-corrected chi connectivity index (χ2v) is 5.70. The molecule has 0 atom stereocenters. The molecule has 0 saturated heterocycles. The highest BCUT2D eigenvalue weighted by Gasteiger charge is 2.09. The molecule has 1 aromatic heterocycles. The number of aromatic nitrogens is 1. The van der Waals surface area contributed by atoms with Crippen LogP contribution in [0.2, 0.25) is 5.02 Å². The summed E-state index contributed by atoms with van der Waals surface area (Å²) in [6, 6.07) is 8.93. The van der Waals surface area contributed by atoms with Gasteiger partial charge in [-0.25, -0.2) is 0 Å². The van der Waals surface area contributed by atoms with Crippen LogP contribution in [0, 0.1) is 6.92 Å². The van der Waals surface area contributed by atoms with Gasteiger partial charge in [-0.3, -0.25) is 9.69 Å². The number of carbonyl (C=O) groups excluding carboxylic acids is 1. The molecule has 124 valence electrons. The number of benzene rings is 1. The molecule has 0 bridgehead atoms. The molecular weight excluding hydrogens is 318 g/mol. The molecule has 0 unspecified atom stereocenters. The number of hydrogen-bond donors (Lipinski definition) is 1. The predicted molar refractivity (Wildman–Crippen MR) is 88.9 cm³/mol. The van der Waals surface area contributed by atoms with E-state index in [2.05, 4.69) is 10.5 Å². The van der Waals surface area contributed by atoms with Gasteiger partial charge in [-0.15, -0.1) is 0 Å². The Morgan fingerprint density at radius 2 is 2.13 bits per heavy atom. The normalized spacial score (nSPS) is 10.8. The third-order valence-electron chi connectivity index (χ3n) is 3.08. The van der Waals surface area contributed by atoms with Crippen molar-refractivity contribution in [1.29, 1.82) is 0 Å². The van der Waals surface area contributed by atoms with E-state index in [1.54, 1.807) is 25.1 Å². The number of halogens is 1. The lowest BCUT2D eigenvalue weighted by molar-refractivity contribution is -0.117. The number of anilines is 1. The van der Waals surface area contributed by atoms with Crippen molar-refractivity contribution in [3.8, 4) is 5.75 Å². The lowest BCUT2D eigenvalue weighted by atomic mass is 10.3. The standard InChI is InChI=1S/C16H20ClN3O3/c1-12-10-15(19-23-12)18-16(21)11-20(2)8-3-9-22-14-6-4-13(17)5-7-14/h4-7,10H,3,8-9,11H2,1-2H3,(H,18,19,21). The van der Waals surface area contributed by atoms with Gasteiger partial charge in [-0.1, -0.05) is 16.8 Å². The molecule has 1 amide bonds. The van der Waals surface area contributed by atoms with E-state index in [4.69, 9.17) is 20.9 Å². The minimum absolute atomic E-state index is 0.126. The molecule has 7 heteroatoms. The highest BCUT2D eigenvalue weighted by atomic mass is 35.5. The zero-order valence-corrected chi connectivity index (χ0v) is 14.0. The fourth-order valence-corrected chi connectivity index (χ4v) is 2.11. The van der Waals surface area contributed by atoms with Crippen LogP contribution in [0.25, 0.3) is 0 Å². The number of carbonyl (C=O) groups is 1. The van der Waals surface area contributed by atoms with E-state index in [-0.39, 0.29) is 12.5 Å². The predicted octanol–water partition coefficient (Wildman–Crippen LogP) is 2.98. The monoisotopic (exact) mass is 337 g/mol. The highest BCUT2D eigenvalue weighted by Crippen LogP contribution is 2.15. The third kappa shape index (κ3) is 6.30. The summed E-state index contributed by atoms with van der Waals surface area (Å²) in [4.78, 5) is 13.8. The Hall–Kier alpha value is -2.05. The Bertz CT molecular complexity index is 628. The van der Waals surface area contributed by atoms with Gasteiger partial charge in [0.1, 0.15) is 11.5 Å². The molecule has 0 aliphatic heterocycles. The molecule has 1 N–H and O–H groups in total. The van der Waals surface area contributed by atoms with Crippen LogP contribution in [0.15, 0.2) is 34.9 Å². The summed E-state index contributed by atoms with van der Waals surface area (Å²) in [5, 5.41) is 7.09. The van der Waals surface area contributed by atoms with Crippen LogP contribution in [0.3, 0.4) is 0 Å². The van der Waals surface area contributed by atoms with Crippen molar-refractivity contribution in [3.05, 3.63) is 41.1 Å². The first-order valence-corrected chi connectivity index (χ1v) is 7.71. The lowest BCUT2D eigenvalue weighted by Crippen LogP contribution is -2.31. The summed E-state index contributed by atoms with van der Waals surface area (Å²) >= 11 is 5.81. The molecular formula is C16H20ClN3O3. The van der Waals surface area contributed by atoms with E-state index in [0.29, 0.717) is 23.2 Å². The van der Waals surface area contributed by atoms with Crippen LogP contribution in [-0.4, -0.2) is 42.7 Å². The van der Waals surface area contributed by atoms with Gasteiger partial charge < -0.3 is 14.6 Å². The molecule has 23 heavy (non-hydrogen) atoms. The fourth-order valence-electron chi connectivity index (χ4n) is 1.99. The number of rotatable bonds is 8. The third-order valence-corrected chi connectivity index (χ3v) is 3.33. The van der Waals surface area contributed by atoms with Gasteiger partial charge in [0.15, 0.2) is 5.82 Å². The number of nitrogens with zero attached hydrogens (tertiary/aromatic N) is 2. The molecule has 1 heterocycles. The van der Waals surface area contributed by atoms with E-state index in [0.717, 1.165) is 18.7 Å². The maximum atomic E-state index is 11.8. The van der Waals surface area contributed by atoms with Crippen molar-refractivity contribution >= 4 is 23.3 Å². The van der Waals surface area contributed by atoms with E-state index in [1.165, 1.54) is 0 Å². The van der Waals surface area contributed by atoms with Crippen molar-refractivity contribution in [1.82, 2.24) is 10.1 Å². The number of amides is 1. The summed E-state index contributed by atoms with van der Waals surface area (Å²) in [5.41, 5.74) is 0. The molecule has 6 nitrogen and oxygen atoms in total. The molecule has 0 radical (unpaired) electrons. The summed E-state index contributed by atoms with van der Waals surface area (Å²) in [5.74, 6) is 1.76. The van der Waals surface area contributed by atoms with Crippen LogP contribution < -0.4 is 10.1 Å². The number of aryl methyl sites for hydroxylation is 1. The summed E-state index contributed by atoms with van der Waals surface area (Å²) in [6.45, 7) is 3.39. The molecule has 0 saturated carbocycles. The van der Waals surface area contributed by atoms with E-state index >= 15 is 0 Å². The summed E-state index contributed by atoms with van der Waals surface area (Å²) in [6.07, 6.45) is 0.815. The molecule has 0 fully saturated rings. The highest BCUT2D eigenvalue weighted by molar-refractivity contribution is 6.30. The van der Waals surface area contributed by atoms with Crippen molar-refractivity contribution in [2.24, 2.45) is 0 Å². The zero-order chi connectivity index (χ0) is 16.7. The Morgan fingerprint density at radius 1 is 1.39 bits per heavy atom. The van der Waals surface area contributed by atoms with Crippen molar-refractivity contribution in [2.75, 3.05) is 32.1 Å². The molecule has 2 aromatic rings. The Labute approximate surface area is 140 Å². The largest absolute Gasteiger partial charge is 0.494 e. The van der Waals surface area contributed by atoms with E-state index in [9.17, 15) is 4.79 Å². The molecule has 2 rings (SSSR count). The number of hydrogen-bond acceptors (Lipinski definition) is 5. The molecule has 1 aromatic carbocycles. The lowest BCUT2D eigenvalue weighted by Gasteiger charge is -2.15. The Morgan fingerprint density at radius 3 is 2.78 bits per heavy atom. The van der Waals surface area contributed by atoms with Gasteiger partial charge in [0.25, 0.3) is 0 Å². The quantitative estimate of drug-likeness (QED) is 0.750. The average Bonchev–Trinajstić information content (AvgIpc) is 2.90. The minimum atomic E-state index is -0.126. The van der Waals surface area contributed by atoms with E-state index < -0.39 is 0 Å². The van der Waals surface area contributed by atoms with Gasteiger partial charge in [0.2, 0.25) is 5.91 Å². The number of likely N-dealkylation sites (N-methyl/N-ethyl adjacent to an activating group) is 1. The molecule has 0 spiro atoms. The van der Waals surface area contributed by atoms with Gasteiger partial charge in [-0.05, 0) is 44.7 Å². The first-order chi connectivity index (χ1) is 11.0. The van der Waals surface area contributed by atoms with Crippen LogP contribution in [-0.2, 0) is 4.79 Å². The maximum absolute atomic E-state index is 11.8. The molecule has 0 aliphatic carbocycles. The second kappa shape index (κ2) is 8.55. The van der Waals surface area contributed by atoms with Gasteiger partial charge in [-0.2, -0.15) is 0 Å². The topological polar surface area (TPSA) is 67.6 Å². The number of nitrogens with one attached hydrogen (secondary N) is 1. The molecule has 0 aliphatic rings. The summed E-state index contributed by atoms with van der Waals surface area (Å²) < 4.78 is 10.5. The first-order valence-electron chi connectivity index (χ1n) is 7.33. The van der Waals surface area contributed by atoms with Crippen molar-refractivity contribution < 1.29 is 14.1 Å². The average molecular weight is 338 g/mol. The maximum Gasteiger partial charge on any atom is 0.239 e. The van der Waals surface area contributed by atoms with Crippen molar-refractivity contribution in [2.45, 2.75) is 13.3 Å². The van der Waals surface area contributed by atoms with Gasteiger partial charge in [0, 0.05) is 17.6 Å². The van der Waals surface area contributed by atoms with Crippen molar-refractivity contribution in [3.63, 3.8) is 0 Å². The smallest absolute Gasteiger partial charge is 0.239 e. The SMILES string of the molecule is Cc1cc(NC(=O)CN(C)CCCOc2ccc(Cl)cc2)no1. The Kier molecular flexibility index (Phi) is 6.43. The van der Waals surface area contributed by atoms with Crippen LogP contribution >= 0.6 is 11.6 Å². The number of ether oxygens (including phenoxy) is 1. The van der Waals surface area contributed by atoms with Crippen LogP contribution in [0.5, 0.6) is 5.75 Å². The van der Waals surface area contributed by atoms with Gasteiger partial charge in [0.05, 0.1) is 13.2 Å². The first kappa shape index (κ1) is 17.3. The summed E-state index contributed by atoms with van der Waals surface area (Å²) in [7, 11) is 1.88. The zero-order valence-electron chi connectivity index (χ0n) is 13.2. The van der Waals surface area contributed by atoms with E-state index in [1.807, 2.05) is 24.1 Å². The minimum Gasteiger partial charge on any atom is -0.494 e. The van der Waals surface area contributed by atoms with Gasteiger partial charge >= 0.3 is 0 Å². The van der Waals surface area contributed by atoms with Crippen LogP contribution in [0.4, 0.5) is 5.82 Å². The Balaban J connectivity index is 1.61.